The Morgan fingerprint density at radius 1 is 1.31 bits per heavy atom. The molecule has 0 fully saturated rings. The van der Waals surface area contributed by atoms with Crippen molar-refractivity contribution in [3.63, 3.8) is 0 Å². The van der Waals surface area contributed by atoms with Crippen LogP contribution in [0.1, 0.15) is 5.56 Å². The van der Waals surface area contributed by atoms with E-state index in [2.05, 4.69) is 0 Å². The number of carbonyl (C=O) groups excluding carboxylic acids is 1. The molecule has 1 rings (SSSR count). The highest BCUT2D eigenvalue weighted by Gasteiger charge is 2.13. The summed E-state index contributed by atoms with van der Waals surface area (Å²) in [6.07, 6.45) is 0.569. The summed E-state index contributed by atoms with van der Waals surface area (Å²) < 4.78 is 30.3. The Hall–Kier alpha value is -1.20. The first-order chi connectivity index (χ1) is 6.05. The third-order valence-corrected chi connectivity index (χ3v) is 2.51. The van der Waals surface area contributed by atoms with Crippen LogP contribution in [0.15, 0.2) is 29.2 Å². The Labute approximate surface area is 76.0 Å². The molecule has 1 aromatic carbocycles. The zero-order valence-electron chi connectivity index (χ0n) is 6.67. The predicted octanol–water partition coefficient (Wildman–Crippen LogP) is 0.675. The van der Waals surface area contributed by atoms with E-state index in [9.17, 15) is 13.2 Å². The quantitative estimate of drug-likeness (QED) is 0.575. The van der Waals surface area contributed by atoms with E-state index >= 15 is 0 Å². The highest BCUT2D eigenvalue weighted by Crippen LogP contribution is 2.14. The van der Waals surface area contributed by atoms with Crippen molar-refractivity contribution >= 4 is 16.4 Å². The zero-order chi connectivity index (χ0) is 9.90. The van der Waals surface area contributed by atoms with Gasteiger partial charge in [0.2, 0.25) is 0 Å². The number of aldehydes is 1. The monoisotopic (exact) mass is 200 g/mol. The van der Waals surface area contributed by atoms with E-state index in [0.29, 0.717) is 11.8 Å². The van der Waals surface area contributed by atoms with E-state index in [-0.39, 0.29) is 11.3 Å². The first-order valence-corrected chi connectivity index (χ1v) is 4.98. The standard InChI is InChI=1S/C8H8O4S/c9-6-5-7-3-1-2-4-8(7)13(10,11)12/h1-4,6H,5H2,(H,10,11,12). The lowest BCUT2D eigenvalue weighted by atomic mass is 10.2. The second kappa shape index (κ2) is 3.68. The highest BCUT2D eigenvalue weighted by molar-refractivity contribution is 7.85. The van der Waals surface area contributed by atoms with Crippen molar-refractivity contribution in [2.45, 2.75) is 11.3 Å². The summed E-state index contributed by atoms with van der Waals surface area (Å²) in [5.41, 5.74) is 0.306. The third-order valence-electron chi connectivity index (χ3n) is 1.55. The molecule has 0 radical (unpaired) electrons. The van der Waals surface area contributed by atoms with Crippen molar-refractivity contribution in [1.82, 2.24) is 0 Å². The SMILES string of the molecule is O=CCc1ccccc1S(=O)(=O)O. The van der Waals surface area contributed by atoms with Crippen molar-refractivity contribution in [3.8, 4) is 0 Å². The van der Waals surface area contributed by atoms with Crippen LogP contribution in [0.2, 0.25) is 0 Å². The Morgan fingerprint density at radius 2 is 1.92 bits per heavy atom. The normalized spacial score (nSPS) is 11.2. The maximum Gasteiger partial charge on any atom is 0.294 e. The number of benzene rings is 1. The lowest BCUT2D eigenvalue weighted by Gasteiger charge is -2.01. The molecular formula is C8H8O4S. The summed E-state index contributed by atoms with van der Waals surface area (Å²) in [6, 6.07) is 5.83. The predicted molar refractivity (Wildman–Crippen MR) is 46.0 cm³/mol. The maximum absolute atomic E-state index is 10.8. The van der Waals surface area contributed by atoms with Crippen molar-refractivity contribution in [3.05, 3.63) is 29.8 Å². The molecule has 1 aromatic rings. The van der Waals surface area contributed by atoms with Gasteiger partial charge in [-0.1, -0.05) is 18.2 Å². The van der Waals surface area contributed by atoms with E-state index < -0.39 is 10.1 Å². The molecule has 0 unspecified atom stereocenters. The van der Waals surface area contributed by atoms with Gasteiger partial charge in [0, 0.05) is 6.42 Å². The van der Waals surface area contributed by atoms with E-state index in [1.807, 2.05) is 0 Å². The summed E-state index contributed by atoms with van der Waals surface area (Å²) in [6.45, 7) is 0. The second-order valence-corrected chi connectivity index (χ2v) is 3.84. The van der Waals surface area contributed by atoms with Crippen LogP contribution >= 0.6 is 0 Å². The fourth-order valence-corrected chi connectivity index (χ4v) is 1.75. The first kappa shape index (κ1) is 9.88. The number of carbonyl (C=O) groups is 1. The largest absolute Gasteiger partial charge is 0.303 e. The van der Waals surface area contributed by atoms with E-state index in [1.54, 1.807) is 6.07 Å². The van der Waals surface area contributed by atoms with Crippen molar-refractivity contribution in [1.29, 1.82) is 0 Å². The average molecular weight is 200 g/mol. The molecule has 0 aliphatic carbocycles. The molecule has 0 heterocycles. The molecule has 70 valence electrons. The molecule has 0 atom stereocenters. The lowest BCUT2D eigenvalue weighted by Crippen LogP contribution is -2.03. The molecule has 0 bridgehead atoms. The van der Waals surface area contributed by atoms with Crippen molar-refractivity contribution in [2.75, 3.05) is 0 Å². The maximum atomic E-state index is 10.8. The Kier molecular flexibility index (Phi) is 2.79. The van der Waals surface area contributed by atoms with E-state index in [0.717, 1.165) is 0 Å². The van der Waals surface area contributed by atoms with Crippen LogP contribution in [0.5, 0.6) is 0 Å². The van der Waals surface area contributed by atoms with Crippen LogP contribution < -0.4 is 0 Å². The fraction of sp³-hybridized carbons (Fsp3) is 0.125. The summed E-state index contributed by atoms with van der Waals surface area (Å²) in [4.78, 5) is 9.97. The van der Waals surface area contributed by atoms with Crippen molar-refractivity contribution in [2.24, 2.45) is 0 Å². The molecule has 5 heteroatoms. The molecule has 0 spiro atoms. The second-order valence-electron chi connectivity index (χ2n) is 2.45. The summed E-state index contributed by atoms with van der Waals surface area (Å²) in [5.74, 6) is 0. The lowest BCUT2D eigenvalue weighted by molar-refractivity contribution is -0.107. The molecule has 4 nitrogen and oxygen atoms in total. The number of rotatable bonds is 3. The van der Waals surface area contributed by atoms with Crippen LogP contribution in [0.4, 0.5) is 0 Å². The molecule has 0 aliphatic rings. The van der Waals surface area contributed by atoms with Gasteiger partial charge in [-0.05, 0) is 11.6 Å². The van der Waals surface area contributed by atoms with Gasteiger partial charge in [-0.3, -0.25) is 4.55 Å². The highest BCUT2D eigenvalue weighted by atomic mass is 32.2. The van der Waals surface area contributed by atoms with Crippen LogP contribution in [-0.4, -0.2) is 19.3 Å². The van der Waals surface area contributed by atoms with Gasteiger partial charge < -0.3 is 4.79 Å². The molecule has 0 saturated carbocycles. The van der Waals surface area contributed by atoms with Crippen LogP contribution in [-0.2, 0) is 21.3 Å². The molecule has 1 N–H and O–H groups in total. The molecule has 0 saturated heterocycles. The molecule has 0 aromatic heterocycles. The summed E-state index contributed by atoms with van der Waals surface area (Å²) in [5, 5.41) is 0. The first-order valence-electron chi connectivity index (χ1n) is 3.54. The Bertz CT molecular complexity index is 408. The van der Waals surface area contributed by atoms with Gasteiger partial charge in [-0.15, -0.1) is 0 Å². The average Bonchev–Trinajstić information content (AvgIpc) is 2.04. The van der Waals surface area contributed by atoms with Gasteiger partial charge in [0.1, 0.15) is 6.29 Å². The Balaban J connectivity index is 3.28. The fourth-order valence-electron chi connectivity index (χ4n) is 1.01. The van der Waals surface area contributed by atoms with Crippen LogP contribution in [0.3, 0.4) is 0 Å². The molecule has 13 heavy (non-hydrogen) atoms. The smallest absolute Gasteiger partial charge is 0.294 e. The van der Waals surface area contributed by atoms with E-state index in [4.69, 9.17) is 4.55 Å². The molecule has 0 amide bonds. The van der Waals surface area contributed by atoms with Crippen molar-refractivity contribution < 1.29 is 17.8 Å². The minimum Gasteiger partial charge on any atom is -0.303 e. The summed E-state index contributed by atoms with van der Waals surface area (Å²) in [7, 11) is -4.21. The van der Waals surface area contributed by atoms with Gasteiger partial charge in [0.25, 0.3) is 10.1 Å². The zero-order valence-corrected chi connectivity index (χ0v) is 7.49. The van der Waals surface area contributed by atoms with Gasteiger partial charge >= 0.3 is 0 Å². The van der Waals surface area contributed by atoms with Crippen LogP contribution in [0.25, 0.3) is 0 Å². The van der Waals surface area contributed by atoms with Gasteiger partial charge in [0.15, 0.2) is 0 Å². The number of hydrogen-bond acceptors (Lipinski definition) is 3. The van der Waals surface area contributed by atoms with Gasteiger partial charge in [-0.2, -0.15) is 8.42 Å². The number of hydrogen-bond donors (Lipinski definition) is 1. The van der Waals surface area contributed by atoms with Gasteiger partial charge in [0.05, 0.1) is 4.90 Å². The summed E-state index contributed by atoms with van der Waals surface area (Å²) >= 11 is 0. The topological polar surface area (TPSA) is 71.4 Å². The van der Waals surface area contributed by atoms with E-state index in [1.165, 1.54) is 18.2 Å². The minimum absolute atomic E-state index is 0.0179. The molecule has 0 aliphatic heterocycles. The minimum atomic E-state index is -4.21. The molecular weight excluding hydrogens is 192 g/mol. The van der Waals surface area contributed by atoms with Crippen LogP contribution in [0, 0.1) is 0 Å². The van der Waals surface area contributed by atoms with Gasteiger partial charge in [-0.25, -0.2) is 0 Å². The Morgan fingerprint density at radius 3 is 2.46 bits per heavy atom. The third kappa shape index (κ3) is 2.37.